The molecule has 0 bridgehead atoms. The lowest BCUT2D eigenvalue weighted by Gasteiger charge is -2.38. The number of pyridine rings is 1. The molecule has 0 unspecified atom stereocenters. The molecule has 25 heavy (non-hydrogen) atoms. The van der Waals surface area contributed by atoms with Crippen molar-refractivity contribution in [2.45, 2.75) is 50.9 Å². The van der Waals surface area contributed by atoms with Crippen LogP contribution < -0.4 is 5.32 Å². The van der Waals surface area contributed by atoms with Crippen LogP contribution in [0.2, 0.25) is 0 Å². The van der Waals surface area contributed by atoms with E-state index in [9.17, 15) is 14.7 Å². The Hall–Kier alpha value is -1.99. The summed E-state index contributed by atoms with van der Waals surface area (Å²) in [7, 11) is 0. The number of piperidine rings is 1. The summed E-state index contributed by atoms with van der Waals surface area (Å²) in [6, 6.07) is 3.70. The number of hydrogen-bond acceptors (Lipinski definition) is 5. The summed E-state index contributed by atoms with van der Waals surface area (Å²) in [6.07, 6.45) is 5.12. The number of carbonyl (C=O) groups is 2. The molecule has 2 amide bonds. The fraction of sp³-hybridized carbons (Fsp3) is 0.611. The van der Waals surface area contributed by atoms with Crippen molar-refractivity contribution < 1.29 is 14.7 Å². The molecule has 2 aliphatic heterocycles. The Balaban J connectivity index is 1.57. The zero-order chi connectivity index (χ0) is 17.8. The standard InChI is InChI=1S/C18H26N4O3/c1-13(23)21-7-4-15(5-8-21)22-12-16(24)9-17(22)18(25)20-11-14-3-2-6-19-10-14/h2-3,6,10,15-17,24H,4-5,7-9,11-12H2,1H3,(H,20,25)/t16-,17+/m1/s1. The van der Waals surface area contributed by atoms with Crippen molar-refractivity contribution in [2.75, 3.05) is 19.6 Å². The SMILES string of the molecule is CC(=O)N1CCC(N2C[C@H](O)C[C@H]2C(=O)NCc2cccnc2)CC1. The van der Waals surface area contributed by atoms with Crippen molar-refractivity contribution in [1.82, 2.24) is 20.1 Å². The van der Waals surface area contributed by atoms with Gasteiger partial charge in [0.05, 0.1) is 12.1 Å². The van der Waals surface area contributed by atoms with Gasteiger partial charge in [0.15, 0.2) is 0 Å². The molecular weight excluding hydrogens is 320 g/mol. The number of aromatic nitrogens is 1. The molecule has 2 aliphatic rings. The molecular formula is C18H26N4O3. The molecule has 3 heterocycles. The first kappa shape index (κ1) is 17.8. The Kier molecular flexibility index (Phi) is 5.65. The monoisotopic (exact) mass is 346 g/mol. The number of hydrogen-bond donors (Lipinski definition) is 2. The largest absolute Gasteiger partial charge is 0.392 e. The first-order chi connectivity index (χ1) is 12.0. The number of amides is 2. The fourth-order valence-corrected chi connectivity index (χ4v) is 3.82. The molecule has 7 nitrogen and oxygen atoms in total. The van der Waals surface area contributed by atoms with Crippen LogP contribution >= 0.6 is 0 Å². The summed E-state index contributed by atoms with van der Waals surface area (Å²) >= 11 is 0. The lowest BCUT2D eigenvalue weighted by molar-refractivity contribution is -0.132. The Morgan fingerprint density at radius 2 is 2.12 bits per heavy atom. The van der Waals surface area contributed by atoms with Crippen molar-refractivity contribution in [1.29, 1.82) is 0 Å². The third kappa shape index (κ3) is 4.35. The van der Waals surface area contributed by atoms with Crippen LogP contribution in [0.15, 0.2) is 24.5 Å². The maximum Gasteiger partial charge on any atom is 0.237 e. The maximum absolute atomic E-state index is 12.6. The van der Waals surface area contributed by atoms with Crippen LogP contribution in [0.25, 0.3) is 0 Å². The number of carbonyl (C=O) groups excluding carboxylic acids is 2. The Bertz CT molecular complexity index is 602. The number of nitrogens with zero attached hydrogens (tertiary/aromatic N) is 3. The molecule has 0 saturated carbocycles. The van der Waals surface area contributed by atoms with Crippen LogP contribution in [0, 0.1) is 0 Å². The highest BCUT2D eigenvalue weighted by Gasteiger charge is 2.40. The Morgan fingerprint density at radius 3 is 2.76 bits per heavy atom. The van der Waals surface area contributed by atoms with E-state index in [2.05, 4.69) is 15.2 Å². The second kappa shape index (κ2) is 7.93. The van der Waals surface area contributed by atoms with Gasteiger partial charge in [-0.1, -0.05) is 6.07 Å². The normalized spacial score (nSPS) is 25.1. The van der Waals surface area contributed by atoms with Gasteiger partial charge in [-0.3, -0.25) is 19.5 Å². The Morgan fingerprint density at radius 1 is 1.36 bits per heavy atom. The summed E-state index contributed by atoms with van der Waals surface area (Å²) in [5.74, 6) is 0.0556. The highest BCUT2D eigenvalue weighted by molar-refractivity contribution is 5.82. The molecule has 1 aromatic rings. The molecule has 2 atom stereocenters. The van der Waals surface area contributed by atoms with Crippen molar-refractivity contribution in [3.8, 4) is 0 Å². The van der Waals surface area contributed by atoms with Gasteiger partial charge in [0.1, 0.15) is 0 Å². The molecule has 1 aromatic heterocycles. The highest BCUT2D eigenvalue weighted by atomic mass is 16.3. The molecule has 2 fully saturated rings. The Labute approximate surface area is 148 Å². The quantitative estimate of drug-likeness (QED) is 0.810. The zero-order valence-corrected chi connectivity index (χ0v) is 14.6. The van der Waals surface area contributed by atoms with E-state index >= 15 is 0 Å². The summed E-state index contributed by atoms with van der Waals surface area (Å²) < 4.78 is 0. The lowest BCUT2D eigenvalue weighted by atomic mass is 10.0. The molecule has 0 aromatic carbocycles. The van der Waals surface area contributed by atoms with Crippen LogP contribution in [-0.2, 0) is 16.1 Å². The van der Waals surface area contributed by atoms with Crippen LogP contribution in [0.4, 0.5) is 0 Å². The predicted octanol–water partition coefficient (Wildman–Crippen LogP) is 0.144. The van der Waals surface area contributed by atoms with Crippen LogP contribution in [0.1, 0.15) is 31.7 Å². The van der Waals surface area contributed by atoms with Gasteiger partial charge in [0.25, 0.3) is 0 Å². The molecule has 2 N–H and O–H groups in total. The van der Waals surface area contributed by atoms with Gasteiger partial charge in [-0.15, -0.1) is 0 Å². The molecule has 0 aliphatic carbocycles. The minimum absolute atomic E-state index is 0.0469. The fourth-order valence-electron chi connectivity index (χ4n) is 3.82. The molecule has 3 rings (SSSR count). The van der Waals surface area contributed by atoms with E-state index in [1.54, 1.807) is 19.3 Å². The predicted molar refractivity (Wildman–Crippen MR) is 92.5 cm³/mol. The number of aliphatic hydroxyl groups is 1. The average Bonchev–Trinajstić information content (AvgIpc) is 3.02. The van der Waals surface area contributed by atoms with Crippen molar-refractivity contribution in [3.63, 3.8) is 0 Å². The summed E-state index contributed by atoms with van der Waals surface area (Å²) in [4.78, 5) is 32.1. The van der Waals surface area contributed by atoms with Crippen LogP contribution in [-0.4, -0.2) is 69.5 Å². The van der Waals surface area contributed by atoms with E-state index in [1.165, 1.54) is 0 Å². The molecule has 7 heteroatoms. The van der Waals surface area contributed by atoms with Gasteiger partial charge in [0.2, 0.25) is 11.8 Å². The number of rotatable bonds is 4. The molecule has 0 radical (unpaired) electrons. The highest BCUT2D eigenvalue weighted by Crippen LogP contribution is 2.26. The molecule has 136 valence electrons. The second-order valence-corrected chi connectivity index (χ2v) is 6.92. The van der Waals surface area contributed by atoms with Gasteiger partial charge < -0.3 is 15.3 Å². The second-order valence-electron chi connectivity index (χ2n) is 6.92. The summed E-state index contributed by atoms with van der Waals surface area (Å²) in [5, 5.41) is 13.0. The van der Waals surface area contributed by atoms with E-state index < -0.39 is 6.10 Å². The smallest absolute Gasteiger partial charge is 0.237 e. The minimum atomic E-state index is -0.472. The summed E-state index contributed by atoms with van der Waals surface area (Å²) in [5.41, 5.74) is 0.954. The van der Waals surface area contributed by atoms with Crippen molar-refractivity contribution >= 4 is 11.8 Å². The molecule has 0 spiro atoms. The van der Waals surface area contributed by atoms with E-state index in [0.717, 1.165) is 31.5 Å². The number of β-amino-alcohol motifs (C(OH)–C–C–N with tert-alkyl or cyclic N) is 1. The number of nitrogens with one attached hydrogen (secondary N) is 1. The van der Waals surface area contributed by atoms with Gasteiger partial charge in [-0.25, -0.2) is 0 Å². The number of aliphatic hydroxyl groups excluding tert-OH is 1. The first-order valence-corrected chi connectivity index (χ1v) is 8.90. The van der Waals surface area contributed by atoms with Gasteiger partial charge in [0, 0.05) is 51.5 Å². The van der Waals surface area contributed by atoms with E-state index in [1.807, 2.05) is 17.0 Å². The van der Waals surface area contributed by atoms with E-state index in [-0.39, 0.29) is 23.9 Å². The average molecular weight is 346 g/mol. The topological polar surface area (TPSA) is 85.8 Å². The van der Waals surface area contributed by atoms with Gasteiger partial charge >= 0.3 is 0 Å². The third-order valence-electron chi connectivity index (χ3n) is 5.19. The molecule has 2 saturated heterocycles. The maximum atomic E-state index is 12.6. The van der Waals surface area contributed by atoms with Crippen LogP contribution in [0.5, 0.6) is 0 Å². The van der Waals surface area contributed by atoms with Gasteiger partial charge in [-0.05, 0) is 30.9 Å². The number of likely N-dealkylation sites (tertiary alicyclic amines) is 2. The summed E-state index contributed by atoms with van der Waals surface area (Å²) in [6.45, 7) is 3.99. The zero-order valence-electron chi connectivity index (χ0n) is 14.6. The lowest BCUT2D eigenvalue weighted by Crippen LogP contribution is -2.51. The van der Waals surface area contributed by atoms with Crippen LogP contribution in [0.3, 0.4) is 0 Å². The van der Waals surface area contributed by atoms with Crippen molar-refractivity contribution in [3.05, 3.63) is 30.1 Å². The van der Waals surface area contributed by atoms with Crippen molar-refractivity contribution in [2.24, 2.45) is 0 Å². The van der Waals surface area contributed by atoms with E-state index in [0.29, 0.717) is 19.5 Å². The third-order valence-corrected chi connectivity index (χ3v) is 5.19. The van der Waals surface area contributed by atoms with E-state index in [4.69, 9.17) is 0 Å². The first-order valence-electron chi connectivity index (χ1n) is 8.90. The van der Waals surface area contributed by atoms with Gasteiger partial charge in [-0.2, -0.15) is 0 Å². The minimum Gasteiger partial charge on any atom is -0.392 e.